The van der Waals surface area contributed by atoms with Crippen molar-refractivity contribution in [2.75, 3.05) is 0 Å². The van der Waals surface area contributed by atoms with Gasteiger partial charge in [-0.05, 0) is 41.0 Å². The van der Waals surface area contributed by atoms with E-state index in [1.807, 2.05) is 60.7 Å². The van der Waals surface area contributed by atoms with E-state index in [0.717, 1.165) is 28.1 Å². The summed E-state index contributed by atoms with van der Waals surface area (Å²) in [5.74, 6) is 0. The van der Waals surface area contributed by atoms with Crippen LogP contribution in [0.4, 0.5) is 0 Å². The fourth-order valence-corrected chi connectivity index (χ4v) is 2.91. The minimum absolute atomic E-state index is 0.105. The van der Waals surface area contributed by atoms with Gasteiger partial charge in [0.05, 0.1) is 24.3 Å². The van der Waals surface area contributed by atoms with Gasteiger partial charge in [-0.15, -0.1) is 0 Å². The Kier molecular flexibility index (Phi) is 5.85. The van der Waals surface area contributed by atoms with E-state index < -0.39 is 0 Å². The number of nitrogens with zero attached hydrogens (tertiary/aromatic N) is 1. The molecule has 0 aliphatic carbocycles. The standard InChI is InChI=1S/C22H18ClNO/c23-21-8-4-7-19(13-21)14-22(20-11-9-17(15-24)10-12-20)25-16-18-5-2-1-3-6-18/h1-13,22H,14,16H2. The molecule has 2 nitrogen and oxygen atoms in total. The Morgan fingerprint density at radius 2 is 1.60 bits per heavy atom. The molecule has 0 amide bonds. The Morgan fingerprint density at radius 3 is 2.28 bits per heavy atom. The van der Waals surface area contributed by atoms with E-state index in [4.69, 9.17) is 21.6 Å². The first-order chi connectivity index (χ1) is 12.2. The summed E-state index contributed by atoms with van der Waals surface area (Å²) in [4.78, 5) is 0. The lowest BCUT2D eigenvalue weighted by Gasteiger charge is -2.19. The predicted molar refractivity (Wildman–Crippen MR) is 100 cm³/mol. The zero-order valence-corrected chi connectivity index (χ0v) is 14.5. The molecule has 0 saturated carbocycles. The first kappa shape index (κ1) is 17.2. The molecule has 0 aliphatic rings. The highest BCUT2D eigenvalue weighted by molar-refractivity contribution is 6.30. The topological polar surface area (TPSA) is 33.0 Å². The van der Waals surface area contributed by atoms with Gasteiger partial charge in [-0.25, -0.2) is 0 Å². The Hall–Kier alpha value is -2.60. The number of benzene rings is 3. The molecule has 0 heterocycles. The van der Waals surface area contributed by atoms with Gasteiger partial charge in [-0.3, -0.25) is 0 Å². The van der Waals surface area contributed by atoms with E-state index in [9.17, 15) is 0 Å². The first-order valence-corrected chi connectivity index (χ1v) is 8.52. The lowest BCUT2D eigenvalue weighted by atomic mass is 10.00. The number of hydrogen-bond acceptors (Lipinski definition) is 2. The molecule has 25 heavy (non-hydrogen) atoms. The third-order valence-corrected chi connectivity index (χ3v) is 4.25. The highest BCUT2D eigenvalue weighted by Crippen LogP contribution is 2.25. The first-order valence-electron chi connectivity index (χ1n) is 8.14. The summed E-state index contributed by atoms with van der Waals surface area (Å²) in [5.41, 5.74) is 3.95. The highest BCUT2D eigenvalue weighted by Gasteiger charge is 2.14. The molecule has 0 saturated heterocycles. The van der Waals surface area contributed by atoms with Crippen molar-refractivity contribution >= 4 is 11.6 Å². The molecule has 1 atom stereocenters. The van der Waals surface area contributed by atoms with Crippen molar-refractivity contribution in [3.05, 3.63) is 106 Å². The van der Waals surface area contributed by atoms with Crippen molar-refractivity contribution in [3.63, 3.8) is 0 Å². The van der Waals surface area contributed by atoms with Crippen molar-refractivity contribution in [1.82, 2.24) is 0 Å². The maximum absolute atomic E-state index is 8.99. The Balaban J connectivity index is 1.80. The maximum atomic E-state index is 8.99. The molecule has 0 aliphatic heterocycles. The van der Waals surface area contributed by atoms with Crippen molar-refractivity contribution in [3.8, 4) is 6.07 Å². The molecule has 3 aromatic carbocycles. The zero-order chi connectivity index (χ0) is 17.5. The Bertz CT molecular complexity index is 853. The van der Waals surface area contributed by atoms with Crippen molar-refractivity contribution in [2.45, 2.75) is 19.1 Å². The second-order valence-electron chi connectivity index (χ2n) is 5.85. The van der Waals surface area contributed by atoms with Gasteiger partial charge >= 0.3 is 0 Å². The summed E-state index contributed by atoms with van der Waals surface area (Å²) in [6, 6.07) is 27.7. The van der Waals surface area contributed by atoms with Crippen LogP contribution in [0, 0.1) is 11.3 Å². The van der Waals surface area contributed by atoms with Gasteiger partial charge in [0.2, 0.25) is 0 Å². The fourth-order valence-electron chi connectivity index (χ4n) is 2.69. The van der Waals surface area contributed by atoms with Crippen LogP contribution >= 0.6 is 11.6 Å². The van der Waals surface area contributed by atoms with E-state index in [0.29, 0.717) is 12.2 Å². The average Bonchev–Trinajstić information content (AvgIpc) is 2.66. The van der Waals surface area contributed by atoms with Crippen molar-refractivity contribution in [1.29, 1.82) is 5.26 Å². The van der Waals surface area contributed by atoms with Gasteiger partial charge in [-0.1, -0.05) is 66.2 Å². The van der Waals surface area contributed by atoms with E-state index >= 15 is 0 Å². The van der Waals surface area contributed by atoms with E-state index in [1.165, 1.54) is 0 Å². The van der Waals surface area contributed by atoms with Crippen molar-refractivity contribution < 1.29 is 4.74 Å². The summed E-state index contributed by atoms with van der Waals surface area (Å²) in [6.45, 7) is 0.534. The normalized spacial score (nSPS) is 11.7. The van der Waals surface area contributed by atoms with Crippen LogP contribution in [0.1, 0.15) is 28.4 Å². The van der Waals surface area contributed by atoms with Gasteiger partial charge in [-0.2, -0.15) is 5.26 Å². The second-order valence-corrected chi connectivity index (χ2v) is 6.29. The summed E-state index contributed by atoms with van der Waals surface area (Å²) in [7, 11) is 0. The van der Waals surface area contributed by atoms with E-state index in [-0.39, 0.29) is 6.10 Å². The predicted octanol–water partition coefficient (Wildman–Crippen LogP) is 5.71. The number of halogens is 1. The zero-order valence-electron chi connectivity index (χ0n) is 13.7. The molecule has 0 spiro atoms. The van der Waals surface area contributed by atoms with E-state index in [2.05, 4.69) is 24.3 Å². The lowest BCUT2D eigenvalue weighted by Crippen LogP contribution is -2.08. The number of hydrogen-bond donors (Lipinski definition) is 0. The van der Waals surface area contributed by atoms with Crippen LogP contribution in [-0.2, 0) is 17.8 Å². The number of rotatable bonds is 6. The smallest absolute Gasteiger partial charge is 0.0991 e. The van der Waals surface area contributed by atoms with E-state index in [1.54, 1.807) is 0 Å². The minimum atomic E-state index is -0.105. The van der Waals surface area contributed by atoms with Gasteiger partial charge in [0.15, 0.2) is 0 Å². The molecule has 0 N–H and O–H groups in total. The van der Waals surface area contributed by atoms with Crippen LogP contribution in [-0.4, -0.2) is 0 Å². The largest absolute Gasteiger partial charge is 0.369 e. The van der Waals surface area contributed by atoms with Crippen LogP contribution in [0.15, 0.2) is 78.9 Å². The Morgan fingerprint density at radius 1 is 0.880 bits per heavy atom. The summed E-state index contributed by atoms with van der Waals surface area (Å²) < 4.78 is 6.21. The second kappa shape index (κ2) is 8.48. The van der Waals surface area contributed by atoms with Gasteiger partial charge in [0, 0.05) is 11.4 Å². The fraction of sp³-hybridized carbons (Fsp3) is 0.136. The van der Waals surface area contributed by atoms with Crippen LogP contribution < -0.4 is 0 Å². The third-order valence-electron chi connectivity index (χ3n) is 4.02. The average molecular weight is 348 g/mol. The number of ether oxygens (including phenoxy) is 1. The van der Waals surface area contributed by atoms with Gasteiger partial charge in [0.25, 0.3) is 0 Å². The molecule has 0 radical (unpaired) electrons. The third kappa shape index (κ3) is 4.93. The van der Waals surface area contributed by atoms with Crippen LogP contribution in [0.2, 0.25) is 5.02 Å². The number of nitriles is 1. The molecule has 3 heteroatoms. The summed E-state index contributed by atoms with van der Waals surface area (Å²) in [6.07, 6.45) is 0.616. The van der Waals surface area contributed by atoms with Crippen LogP contribution in [0.3, 0.4) is 0 Å². The molecule has 3 rings (SSSR count). The molecule has 3 aromatic rings. The SMILES string of the molecule is N#Cc1ccc(C(Cc2cccc(Cl)c2)OCc2ccccc2)cc1. The molecule has 0 aromatic heterocycles. The Labute approximate surface area is 153 Å². The van der Waals surface area contributed by atoms with Crippen LogP contribution in [0.25, 0.3) is 0 Å². The summed E-state index contributed by atoms with van der Waals surface area (Å²) in [5, 5.41) is 9.71. The molecule has 124 valence electrons. The molecule has 1 unspecified atom stereocenters. The molecular formula is C22H18ClNO. The molecule has 0 bridgehead atoms. The van der Waals surface area contributed by atoms with Crippen LogP contribution in [0.5, 0.6) is 0 Å². The summed E-state index contributed by atoms with van der Waals surface area (Å²) >= 11 is 6.11. The maximum Gasteiger partial charge on any atom is 0.0991 e. The molecule has 0 fully saturated rings. The lowest BCUT2D eigenvalue weighted by molar-refractivity contribution is 0.0399. The quantitative estimate of drug-likeness (QED) is 0.572. The highest BCUT2D eigenvalue weighted by atomic mass is 35.5. The van der Waals surface area contributed by atoms with Gasteiger partial charge in [0.1, 0.15) is 0 Å². The molecular weight excluding hydrogens is 330 g/mol. The monoisotopic (exact) mass is 347 g/mol. The minimum Gasteiger partial charge on any atom is -0.369 e. The van der Waals surface area contributed by atoms with Crippen molar-refractivity contribution in [2.24, 2.45) is 0 Å². The van der Waals surface area contributed by atoms with Gasteiger partial charge < -0.3 is 4.74 Å².